The van der Waals surface area contributed by atoms with Crippen LogP contribution in [0.1, 0.15) is 50.4 Å². The second kappa shape index (κ2) is 9.17. The number of anilines is 1. The molecule has 0 bridgehead atoms. The molecule has 0 saturated carbocycles. The standard InChI is InChI=1S/C22H27N3O/c1-5-17-10-12-18(13-11-17)21(15(2)3)24-16(4)22(26)25-20-9-7-6-8-19(20)14-23/h6-13,15-16,21,24H,5H2,1-4H3,(H,25,26)/t16-,21-/m1/s1. The summed E-state index contributed by atoms with van der Waals surface area (Å²) < 4.78 is 0. The average Bonchev–Trinajstić information content (AvgIpc) is 2.66. The number of benzene rings is 2. The molecule has 0 saturated heterocycles. The Kier molecular flexibility index (Phi) is 6.94. The summed E-state index contributed by atoms with van der Waals surface area (Å²) in [6.07, 6.45) is 1.01. The Balaban J connectivity index is 2.10. The molecule has 2 aromatic carbocycles. The van der Waals surface area contributed by atoms with Gasteiger partial charge in [0.05, 0.1) is 17.3 Å². The summed E-state index contributed by atoms with van der Waals surface area (Å²) in [4.78, 5) is 12.6. The van der Waals surface area contributed by atoms with E-state index in [0.717, 1.165) is 6.42 Å². The Bertz CT molecular complexity index is 775. The first-order chi connectivity index (χ1) is 12.5. The first-order valence-electron chi connectivity index (χ1n) is 9.11. The Morgan fingerprint density at radius 2 is 1.73 bits per heavy atom. The lowest BCUT2D eigenvalue weighted by Crippen LogP contribution is -2.41. The van der Waals surface area contributed by atoms with E-state index in [2.05, 4.69) is 61.7 Å². The molecule has 4 nitrogen and oxygen atoms in total. The van der Waals surface area contributed by atoms with Crippen LogP contribution in [0.25, 0.3) is 0 Å². The molecule has 2 aromatic rings. The lowest BCUT2D eigenvalue weighted by Gasteiger charge is -2.27. The molecule has 136 valence electrons. The van der Waals surface area contributed by atoms with Crippen LogP contribution < -0.4 is 10.6 Å². The molecule has 0 aliphatic rings. The van der Waals surface area contributed by atoms with E-state index in [-0.39, 0.29) is 18.0 Å². The van der Waals surface area contributed by atoms with E-state index in [1.807, 2.05) is 6.92 Å². The molecule has 0 spiro atoms. The van der Waals surface area contributed by atoms with Crippen molar-refractivity contribution in [3.05, 3.63) is 65.2 Å². The highest BCUT2D eigenvalue weighted by atomic mass is 16.2. The second-order valence-electron chi connectivity index (χ2n) is 6.85. The zero-order chi connectivity index (χ0) is 19.1. The molecular formula is C22H27N3O. The van der Waals surface area contributed by atoms with Crippen LogP contribution in [0.2, 0.25) is 0 Å². The molecule has 0 unspecified atom stereocenters. The van der Waals surface area contributed by atoms with Crippen LogP contribution in [0.15, 0.2) is 48.5 Å². The van der Waals surface area contributed by atoms with E-state index in [0.29, 0.717) is 17.2 Å². The molecule has 0 fully saturated rings. The topological polar surface area (TPSA) is 64.9 Å². The van der Waals surface area contributed by atoms with Crippen LogP contribution in [0.3, 0.4) is 0 Å². The number of nitrogens with zero attached hydrogens (tertiary/aromatic N) is 1. The van der Waals surface area contributed by atoms with E-state index in [9.17, 15) is 4.79 Å². The van der Waals surface area contributed by atoms with Gasteiger partial charge in [-0.2, -0.15) is 5.26 Å². The molecule has 26 heavy (non-hydrogen) atoms. The van der Waals surface area contributed by atoms with Gasteiger partial charge in [-0.3, -0.25) is 10.1 Å². The maximum atomic E-state index is 12.6. The maximum Gasteiger partial charge on any atom is 0.241 e. The van der Waals surface area contributed by atoms with E-state index >= 15 is 0 Å². The largest absolute Gasteiger partial charge is 0.324 e. The lowest BCUT2D eigenvalue weighted by atomic mass is 9.94. The van der Waals surface area contributed by atoms with Crippen molar-refractivity contribution in [2.24, 2.45) is 5.92 Å². The third kappa shape index (κ3) is 4.93. The van der Waals surface area contributed by atoms with Crippen molar-refractivity contribution in [1.29, 1.82) is 5.26 Å². The van der Waals surface area contributed by atoms with Crippen molar-refractivity contribution in [2.75, 3.05) is 5.32 Å². The van der Waals surface area contributed by atoms with Crippen LogP contribution >= 0.6 is 0 Å². The number of nitrogens with one attached hydrogen (secondary N) is 2. The zero-order valence-corrected chi connectivity index (χ0v) is 15.9. The molecular weight excluding hydrogens is 322 g/mol. The maximum absolute atomic E-state index is 12.6. The fourth-order valence-corrected chi connectivity index (χ4v) is 2.91. The van der Waals surface area contributed by atoms with Gasteiger partial charge in [0.2, 0.25) is 5.91 Å². The summed E-state index contributed by atoms with van der Waals surface area (Å²) in [5.41, 5.74) is 3.48. The van der Waals surface area contributed by atoms with Gasteiger partial charge in [-0.05, 0) is 42.5 Å². The van der Waals surface area contributed by atoms with Crippen LogP contribution in [0, 0.1) is 17.2 Å². The van der Waals surface area contributed by atoms with Crippen molar-refractivity contribution in [2.45, 2.75) is 46.2 Å². The Morgan fingerprint density at radius 1 is 1.08 bits per heavy atom. The fraction of sp³-hybridized carbons (Fsp3) is 0.364. The molecule has 2 rings (SSSR count). The number of hydrogen-bond donors (Lipinski definition) is 2. The zero-order valence-electron chi connectivity index (χ0n) is 15.9. The number of amides is 1. The summed E-state index contributed by atoms with van der Waals surface area (Å²) in [6, 6.07) is 17.4. The highest BCUT2D eigenvalue weighted by molar-refractivity contribution is 5.95. The summed E-state index contributed by atoms with van der Waals surface area (Å²) >= 11 is 0. The van der Waals surface area contributed by atoms with Crippen molar-refractivity contribution in [3.8, 4) is 6.07 Å². The van der Waals surface area contributed by atoms with Crippen molar-refractivity contribution < 1.29 is 4.79 Å². The number of hydrogen-bond acceptors (Lipinski definition) is 3. The molecule has 0 heterocycles. The van der Waals surface area contributed by atoms with Gasteiger partial charge >= 0.3 is 0 Å². The molecule has 0 aliphatic carbocycles. The van der Waals surface area contributed by atoms with Crippen LogP contribution in [-0.4, -0.2) is 11.9 Å². The number of rotatable bonds is 7. The monoisotopic (exact) mass is 349 g/mol. The van der Waals surface area contributed by atoms with Crippen LogP contribution in [-0.2, 0) is 11.2 Å². The van der Waals surface area contributed by atoms with E-state index < -0.39 is 0 Å². The van der Waals surface area contributed by atoms with Crippen molar-refractivity contribution in [1.82, 2.24) is 5.32 Å². The molecule has 1 amide bonds. The van der Waals surface area contributed by atoms with Crippen LogP contribution in [0.4, 0.5) is 5.69 Å². The van der Waals surface area contributed by atoms with E-state index in [4.69, 9.17) is 5.26 Å². The minimum atomic E-state index is -0.389. The number of para-hydroxylation sites is 1. The minimum Gasteiger partial charge on any atom is -0.324 e. The van der Waals surface area contributed by atoms with Gasteiger partial charge in [0, 0.05) is 6.04 Å². The average molecular weight is 349 g/mol. The van der Waals surface area contributed by atoms with Crippen molar-refractivity contribution >= 4 is 11.6 Å². The highest BCUT2D eigenvalue weighted by Crippen LogP contribution is 2.23. The minimum absolute atomic E-state index is 0.0767. The van der Waals surface area contributed by atoms with E-state index in [1.165, 1.54) is 11.1 Å². The third-order valence-corrected chi connectivity index (χ3v) is 4.54. The predicted octanol–water partition coefficient (Wildman–Crippen LogP) is 4.43. The number of carbonyl (C=O) groups excluding carboxylic acids is 1. The fourth-order valence-electron chi connectivity index (χ4n) is 2.91. The van der Waals surface area contributed by atoms with Gasteiger partial charge in [-0.25, -0.2) is 0 Å². The first kappa shape index (κ1) is 19.7. The van der Waals surface area contributed by atoms with Crippen molar-refractivity contribution in [3.63, 3.8) is 0 Å². The number of carbonyl (C=O) groups is 1. The highest BCUT2D eigenvalue weighted by Gasteiger charge is 2.22. The predicted molar refractivity (Wildman–Crippen MR) is 106 cm³/mol. The number of aryl methyl sites for hydroxylation is 1. The molecule has 0 radical (unpaired) electrons. The normalized spacial score (nSPS) is 13.1. The number of nitriles is 1. The second-order valence-corrected chi connectivity index (χ2v) is 6.85. The summed E-state index contributed by atoms with van der Waals surface area (Å²) in [5.74, 6) is 0.188. The Labute approximate surface area is 156 Å². The van der Waals surface area contributed by atoms with E-state index in [1.54, 1.807) is 24.3 Å². The SMILES string of the molecule is CCc1ccc([C@H](N[C@H](C)C(=O)Nc2ccccc2C#N)C(C)C)cc1. The van der Waals surface area contributed by atoms with Gasteiger partial charge in [0.25, 0.3) is 0 Å². The van der Waals surface area contributed by atoms with Crippen LogP contribution in [0.5, 0.6) is 0 Å². The first-order valence-corrected chi connectivity index (χ1v) is 9.11. The van der Waals surface area contributed by atoms with Gasteiger partial charge in [0.1, 0.15) is 6.07 Å². The molecule has 2 atom stereocenters. The van der Waals surface area contributed by atoms with Gasteiger partial charge in [-0.15, -0.1) is 0 Å². The summed E-state index contributed by atoms with van der Waals surface area (Å²) in [6.45, 7) is 8.26. The molecule has 4 heteroatoms. The van der Waals surface area contributed by atoms with Gasteiger partial charge in [0.15, 0.2) is 0 Å². The van der Waals surface area contributed by atoms with Gasteiger partial charge < -0.3 is 5.32 Å². The summed E-state index contributed by atoms with van der Waals surface area (Å²) in [5, 5.41) is 15.4. The molecule has 0 aliphatic heterocycles. The smallest absolute Gasteiger partial charge is 0.241 e. The summed E-state index contributed by atoms with van der Waals surface area (Å²) in [7, 11) is 0. The lowest BCUT2D eigenvalue weighted by molar-refractivity contribution is -0.118. The Hall–Kier alpha value is -2.64. The van der Waals surface area contributed by atoms with Gasteiger partial charge in [-0.1, -0.05) is 57.2 Å². The molecule has 2 N–H and O–H groups in total. The Morgan fingerprint density at radius 3 is 2.31 bits per heavy atom. The quantitative estimate of drug-likeness (QED) is 0.777. The third-order valence-electron chi connectivity index (χ3n) is 4.54. The molecule has 0 aromatic heterocycles.